The van der Waals surface area contributed by atoms with Crippen LogP contribution in [-0.4, -0.2) is 51.4 Å². The number of rotatable bonds is 9. The lowest BCUT2D eigenvalue weighted by Crippen LogP contribution is -2.35. The van der Waals surface area contributed by atoms with Crippen molar-refractivity contribution < 1.29 is 4.79 Å². The Labute approximate surface area is 185 Å². The van der Waals surface area contributed by atoms with E-state index in [0.29, 0.717) is 30.0 Å². The van der Waals surface area contributed by atoms with Crippen LogP contribution in [0, 0.1) is 0 Å². The highest BCUT2D eigenvalue weighted by atomic mass is 35.5. The molecular weight excluding hydrogens is 425 g/mol. The lowest BCUT2D eigenvalue weighted by Gasteiger charge is -2.20. The SMILES string of the molecule is O=C(CSc1nc(-c2ccccc2)cc(-c2ccccc2)n1)N(CCCl)CCCl. The van der Waals surface area contributed by atoms with Crippen LogP contribution >= 0.6 is 35.0 Å². The van der Waals surface area contributed by atoms with Crippen molar-refractivity contribution in [1.29, 1.82) is 0 Å². The molecule has 0 aliphatic carbocycles. The van der Waals surface area contributed by atoms with E-state index in [1.54, 1.807) is 4.90 Å². The second-order valence-corrected chi connectivity index (χ2v) is 7.90. The molecule has 7 heteroatoms. The highest BCUT2D eigenvalue weighted by molar-refractivity contribution is 7.99. The van der Waals surface area contributed by atoms with E-state index in [1.807, 2.05) is 66.7 Å². The highest BCUT2D eigenvalue weighted by Gasteiger charge is 2.15. The topological polar surface area (TPSA) is 46.1 Å². The van der Waals surface area contributed by atoms with Gasteiger partial charge < -0.3 is 4.90 Å². The van der Waals surface area contributed by atoms with Gasteiger partial charge in [0, 0.05) is 36.0 Å². The van der Waals surface area contributed by atoms with E-state index in [0.717, 1.165) is 22.5 Å². The highest BCUT2D eigenvalue weighted by Crippen LogP contribution is 2.27. The largest absolute Gasteiger partial charge is 0.340 e. The van der Waals surface area contributed by atoms with Crippen LogP contribution in [0.15, 0.2) is 71.9 Å². The summed E-state index contributed by atoms with van der Waals surface area (Å²) in [6.45, 7) is 0.960. The van der Waals surface area contributed by atoms with E-state index >= 15 is 0 Å². The van der Waals surface area contributed by atoms with E-state index in [9.17, 15) is 4.79 Å². The number of alkyl halides is 2. The first-order chi connectivity index (χ1) is 14.2. The zero-order valence-electron chi connectivity index (χ0n) is 15.8. The second kappa shape index (κ2) is 11.2. The maximum Gasteiger partial charge on any atom is 0.233 e. The van der Waals surface area contributed by atoms with Gasteiger partial charge in [-0.1, -0.05) is 72.4 Å². The summed E-state index contributed by atoms with van der Waals surface area (Å²) in [6.07, 6.45) is 0. The Hall–Kier alpha value is -2.08. The lowest BCUT2D eigenvalue weighted by atomic mass is 10.1. The van der Waals surface area contributed by atoms with E-state index in [1.165, 1.54) is 11.8 Å². The molecule has 0 aliphatic heterocycles. The summed E-state index contributed by atoms with van der Waals surface area (Å²) in [5.74, 6) is 0.975. The molecule has 0 saturated carbocycles. The zero-order valence-corrected chi connectivity index (χ0v) is 18.1. The van der Waals surface area contributed by atoms with Gasteiger partial charge in [-0.25, -0.2) is 9.97 Å². The van der Waals surface area contributed by atoms with Gasteiger partial charge in [-0.15, -0.1) is 23.2 Å². The summed E-state index contributed by atoms with van der Waals surface area (Å²) < 4.78 is 0. The first kappa shape index (κ1) is 21.6. The number of aromatic nitrogens is 2. The molecule has 0 unspecified atom stereocenters. The number of hydrogen-bond acceptors (Lipinski definition) is 4. The molecule has 150 valence electrons. The summed E-state index contributed by atoms with van der Waals surface area (Å²) in [5, 5.41) is 0.565. The summed E-state index contributed by atoms with van der Waals surface area (Å²) in [4.78, 5) is 23.6. The number of hydrogen-bond donors (Lipinski definition) is 0. The van der Waals surface area contributed by atoms with Gasteiger partial charge in [0.15, 0.2) is 5.16 Å². The molecule has 3 aromatic rings. The molecule has 3 rings (SSSR count). The molecular formula is C22H21Cl2N3OS. The standard InChI is InChI=1S/C22H21Cl2N3OS/c23-11-13-27(14-12-24)21(28)16-29-22-25-19(17-7-3-1-4-8-17)15-20(26-22)18-9-5-2-6-10-18/h1-10,15H,11-14,16H2. The number of benzene rings is 2. The van der Waals surface area contributed by atoms with Crippen molar-refractivity contribution in [2.24, 2.45) is 0 Å². The third-order valence-corrected chi connectivity index (χ3v) is 5.40. The zero-order chi connectivity index (χ0) is 20.5. The van der Waals surface area contributed by atoms with Crippen LogP contribution < -0.4 is 0 Å². The first-order valence-corrected chi connectivity index (χ1v) is 11.3. The number of carbonyl (C=O) groups is 1. The van der Waals surface area contributed by atoms with E-state index < -0.39 is 0 Å². The Balaban J connectivity index is 1.86. The van der Waals surface area contributed by atoms with Crippen LogP contribution in [0.4, 0.5) is 0 Å². The Morgan fingerprint density at radius 1 is 0.828 bits per heavy atom. The fourth-order valence-corrected chi connectivity index (χ4v) is 3.96. The lowest BCUT2D eigenvalue weighted by molar-refractivity contribution is -0.127. The fourth-order valence-electron chi connectivity index (χ4n) is 2.79. The molecule has 1 amide bonds. The van der Waals surface area contributed by atoms with Crippen LogP contribution in [-0.2, 0) is 4.79 Å². The fraction of sp³-hybridized carbons (Fsp3) is 0.227. The molecule has 0 aliphatic rings. The Kier molecular flexibility index (Phi) is 8.35. The average Bonchev–Trinajstić information content (AvgIpc) is 2.78. The van der Waals surface area contributed by atoms with Crippen molar-refractivity contribution in [1.82, 2.24) is 14.9 Å². The Bertz CT molecular complexity index is 862. The molecule has 0 radical (unpaired) electrons. The second-order valence-electron chi connectivity index (χ2n) is 6.20. The minimum atomic E-state index is -0.0220. The number of amides is 1. The maximum absolute atomic E-state index is 12.5. The van der Waals surface area contributed by atoms with Crippen LogP contribution in [0.3, 0.4) is 0 Å². The quantitative estimate of drug-likeness (QED) is 0.257. The Morgan fingerprint density at radius 2 is 1.31 bits per heavy atom. The first-order valence-electron chi connectivity index (χ1n) is 9.23. The summed E-state index contributed by atoms with van der Waals surface area (Å²) in [5.41, 5.74) is 3.66. The van der Waals surface area contributed by atoms with Gasteiger partial charge in [0.25, 0.3) is 0 Å². The molecule has 0 saturated heterocycles. The van der Waals surface area contributed by atoms with Crippen molar-refractivity contribution in [2.75, 3.05) is 30.6 Å². The molecule has 29 heavy (non-hydrogen) atoms. The third-order valence-electron chi connectivity index (χ3n) is 4.23. The molecule has 4 nitrogen and oxygen atoms in total. The van der Waals surface area contributed by atoms with Gasteiger partial charge in [-0.3, -0.25) is 4.79 Å². The molecule has 0 spiro atoms. The van der Waals surface area contributed by atoms with Crippen molar-refractivity contribution in [3.63, 3.8) is 0 Å². The monoisotopic (exact) mass is 445 g/mol. The number of halogens is 2. The average molecular weight is 446 g/mol. The van der Waals surface area contributed by atoms with Gasteiger partial charge in [0.2, 0.25) is 5.91 Å². The molecule has 0 N–H and O–H groups in total. The van der Waals surface area contributed by atoms with Gasteiger partial charge in [0.05, 0.1) is 17.1 Å². The van der Waals surface area contributed by atoms with Gasteiger partial charge >= 0.3 is 0 Å². The number of thioether (sulfide) groups is 1. The normalized spacial score (nSPS) is 10.7. The third kappa shape index (κ3) is 6.20. The van der Waals surface area contributed by atoms with Crippen molar-refractivity contribution in [3.8, 4) is 22.5 Å². The van der Waals surface area contributed by atoms with E-state index in [4.69, 9.17) is 23.2 Å². The van der Waals surface area contributed by atoms with Gasteiger partial charge in [-0.05, 0) is 6.07 Å². The van der Waals surface area contributed by atoms with Crippen LogP contribution in [0.1, 0.15) is 0 Å². The number of carbonyl (C=O) groups excluding carboxylic acids is 1. The van der Waals surface area contributed by atoms with Crippen LogP contribution in [0.5, 0.6) is 0 Å². The predicted molar refractivity (Wildman–Crippen MR) is 122 cm³/mol. The van der Waals surface area contributed by atoms with Crippen molar-refractivity contribution in [3.05, 3.63) is 66.7 Å². The van der Waals surface area contributed by atoms with Crippen LogP contribution in [0.2, 0.25) is 0 Å². The Morgan fingerprint density at radius 3 is 1.76 bits per heavy atom. The summed E-state index contributed by atoms with van der Waals surface area (Å²) in [6, 6.07) is 21.9. The summed E-state index contributed by atoms with van der Waals surface area (Å²) >= 11 is 12.9. The molecule has 1 aromatic heterocycles. The number of nitrogens with zero attached hydrogens (tertiary/aromatic N) is 3. The predicted octanol–water partition coefficient (Wildman–Crippen LogP) is 5.21. The molecule has 1 heterocycles. The smallest absolute Gasteiger partial charge is 0.233 e. The summed E-state index contributed by atoms with van der Waals surface area (Å²) in [7, 11) is 0. The maximum atomic E-state index is 12.5. The molecule has 0 bridgehead atoms. The molecule has 2 aromatic carbocycles. The van der Waals surface area contributed by atoms with Gasteiger partial charge in [-0.2, -0.15) is 0 Å². The van der Waals surface area contributed by atoms with Crippen molar-refractivity contribution >= 4 is 40.9 Å². The molecule has 0 atom stereocenters. The minimum absolute atomic E-state index is 0.0220. The molecule has 0 fully saturated rings. The van der Waals surface area contributed by atoms with Crippen molar-refractivity contribution in [2.45, 2.75) is 5.16 Å². The van der Waals surface area contributed by atoms with Crippen LogP contribution in [0.25, 0.3) is 22.5 Å². The van der Waals surface area contributed by atoms with Gasteiger partial charge in [0.1, 0.15) is 0 Å². The minimum Gasteiger partial charge on any atom is -0.340 e. The van der Waals surface area contributed by atoms with E-state index in [2.05, 4.69) is 9.97 Å². The van der Waals surface area contributed by atoms with E-state index in [-0.39, 0.29) is 11.7 Å².